The summed E-state index contributed by atoms with van der Waals surface area (Å²) in [5.41, 5.74) is 2.87. The molecule has 16 heavy (non-hydrogen) atoms. The molecule has 0 spiro atoms. The summed E-state index contributed by atoms with van der Waals surface area (Å²) in [6.07, 6.45) is 1.26. The molecule has 88 valence electrons. The van der Waals surface area contributed by atoms with Crippen LogP contribution in [0.1, 0.15) is 24.9 Å². The van der Waals surface area contributed by atoms with E-state index in [1.54, 1.807) is 0 Å². The SMILES string of the molecule is CC1CCN(C)c2ccccc2C1N(C)C. The van der Waals surface area contributed by atoms with Gasteiger partial charge in [0.15, 0.2) is 0 Å². The number of fused-ring (bicyclic) bond motifs is 1. The zero-order valence-corrected chi connectivity index (χ0v) is 10.8. The van der Waals surface area contributed by atoms with E-state index in [1.807, 2.05) is 0 Å². The Bertz CT molecular complexity index is 360. The molecule has 0 radical (unpaired) electrons. The zero-order valence-electron chi connectivity index (χ0n) is 10.8. The van der Waals surface area contributed by atoms with Crippen LogP contribution in [0.4, 0.5) is 5.69 Å². The lowest BCUT2D eigenvalue weighted by Crippen LogP contribution is -2.25. The summed E-state index contributed by atoms with van der Waals surface area (Å²) in [7, 11) is 6.57. The second-order valence-electron chi connectivity index (χ2n) is 5.15. The highest BCUT2D eigenvalue weighted by atomic mass is 15.1. The Morgan fingerprint density at radius 3 is 2.62 bits per heavy atom. The monoisotopic (exact) mass is 218 g/mol. The fourth-order valence-electron chi connectivity index (χ4n) is 2.85. The Labute approximate surface area is 98.9 Å². The quantitative estimate of drug-likeness (QED) is 0.715. The minimum Gasteiger partial charge on any atom is -0.374 e. The predicted octanol–water partition coefficient (Wildman–Crippen LogP) is 2.77. The Balaban J connectivity index is 2.48. The van der Waals surface area contributed by atoms with Crippen molar-refractivity contribution in [3.8, 4) is 0 Å². The van der Waals surface area contributed by atoms with Gasteiger partial charge in [0.2, 0.25) is 0 Å². The van der Waals surface area contributed by atoms with Crippen molar-refractivity contribution in [3.05, 3.63) is 29.8 Å². The van der Waals surface area contributed by atoms with E-state index in [4.69, 9.17) is 0 Å². The largest absolute Gasteiger partial charge is 0.374 e. The molecule has 0 bridgehead atoms. The van der Waals surface area contributed by atoms with E-state index in [2.05, 4.69) is 62.1 Å². The van der Waals surface area contributed by atoms with Crippen molar-refractivity contribution in [3.63, 3.8) is 0 Å². The molecule has 1 aromatic carbocycles. The van der Waals surface area contributed by atoms with E-state index in [-0.39, 0.29) is 0 Å². The number of para-hydroxylation sites is 1. The van der Waals surface area contributed by atoms with Crippen LogP contribution in [-0.4, -0.2) is 32.6 Å². The number of anilines is 1. The lowest BCUT2D eigenvalue weighted by molar-refractivity contribution is 0.221. The van der Waals surface area contributed by atoms with Crippen molar-refractivity contribution in [1.29, 1.82) is 0 Å². The normalized spacial score (nSPS) is 25.4. The summed E-state index contributed by atoms with van der Waals surface area (Å²) in [5, 5.41) is 0. The molecule has 1 aromatic rings. The van der Waals surface area contributed by atoms with Gasteiger partial charge in [-0.25, -0.2) is 0 Å². The minimum atomic E-state index is 0.543. The lowest BCUT2D eigenvalue weighted by atomic mass is 9.91. The Hall–Kier alpha value is -1.02. The third kappa shape index (κ3) is 1.94. The second-order valence-corrected chi connectivity index (χ2v) is 5.15. The molecule has 0 amide bonds. The molecule has 0 saturated heterocycles. The molecule has 1 aliphatic heterocycles. The highest BCUT2D eigenvalue weighted by Crippen LogP contribution is 2.37. The first-order chi connectivity index (χ1) is 7.61. The summed E-state index contributed by atoms with van der Waals surface area (Å²) in [6.45, 7) is 3.52. The molecule has 0 aliphatic carbocycles. The van der Waals surface area contributed by atoms with Crippen molar-refractivity contribution < 1.29 is 0 Å². The van der Waals surface area contributed by atoms with Crippen molar-refractivity contribution >= 4 is 5.69 Å². The average molecular weight is 218 g/mol. The summed E-state index contributed by atoms with van der Waals surface area (Å²) < 4.78 is 0. The Morgan fingerprint density at radius 1 is 1.25 bits per heavy atom. The molecular weight excluding hydrogens is 196 g/mol. The van der Waals surface area contributed by atoms with Gasteiger partial charge >= 0.3 is 0 Å². The predicted molar refractivity (Wildman–Crippen MR) is 69.9 cm³/mol. The molecule has 0 saturated carbocycles. The van der Waals surface area contributed by atoms with Gasteiger partial charge in [-0.05, 0) is 38.1 Å². The molecule has 1 aliphatic rings. The van der Waals surface area contributed by atoms with Crippen LogP contribution in [0.15, 0.2) is 24.3 Å². The molecule has 2 nitrogen and oxygen atoms in total. The maximum atomic E-state index is 2.38. The van der Waals surface area contributed by atoms with E-state index < -0.39 is 0 Å². The number of benzene rings is 1. The third-order valence-electron chi connectivity index (χ3n) is 3.68. The summed E-state index contributed by atoms with van der Waals surface area (Å²) in [6, 6.07) is 9.35. The van der Waals surface area contributed by atoms with Crippen LogP contribution < -0.4 is 4.90 Å². The number of hydrogen-bond donors (Lipinski definition) is 0. The smallest absolute Gasteiger partial charge is 0.0412 e. The second kappa shape index (κ2) is 4.46. The van der Waals surface area contributed by atoms with Crippen LogP contribution >= 0.6 is 0 Å². The van der Waals surface area contributed by atoms with Crippen LogP contribution in [0.2, 0.25) is 0 Å². The summed E-state index contributed by atoms with van der Waals surface area (Å²) >= 11 is 0. The van der Waals surface area contributed by atoms with E-state index in [0.717, 1.165) is 6.54 Å². The molecule has 2 rings (SSSR count). The van der Waals surface area contributed by atoms with Crippen molar-refractivity contribution in [2.24, 2.45) is 5.92 Å². The highest BCUT2D eigenvalue weighted by molar-refractivity contribution is 5.55. The topological polar surface area (TPSA) is 6.48 Å². The highest BCUT2D eigenvalue weighted by Gasteiger charge is 2.27. The first kappa shape index (κ1) is 11.5. The first-order valence-corrected chi connectivity index (χ1v) is 6.07. The van der Waals surface area contributed by atoms with Crippen molar-refractivity contribution in [2.75, 3.05) is 32.6 Å². The molecule has 0 N–H and O–H groups in total. The summed E-state index contributed by atoms with van der Waals surface area (Å²) in [5.74, 6) is 0.709. The molecule has 2 heteroatoms. The van der Waals surface area contributed by atoms with E-state index in [1.165, 1.54) is 17.7 Å². The van der Waals surface area contributed by atoms with Crippen LogP contribution in [-0.2, 0) is 0 Å². The van der Waals surface area contributed by atoms with Gasteiger partial charge in [-0.1, -0.05) is 25.1 Å². The number of nitrogens with zero attached hydrogens (tertiary/aromatic N) is 2. The van der Waals surface area contributed by atoms with Crippen LogP contribution in [0.5, 0.6) is 0 Å². The van der Waals surface area contributed by atoms with Crippen LogP contribution in [0.25, 0.3) is 0 Å². The van der Waals surface area contributed by atoms with Gasteiger partial charge in [0, 0.05) is 25.3 Å². The van der Waals surface area contributed by atoms with Gasteiger partial charge in [0.1, 0.15) is 0 Å². The first-order valence-electron chi connectivity index (χ1n) is 6.07. The van der Waals surface area contributed by atoms with Gasteiger partial charge in [-0.2, -0.15) is 0 Å². The fraction of sp³-hybridized carbons (Fsp3) is 0.571. The molecule has 2 unspecified atom stereocenters. The van der Waals surface area contributed by atoms with Gasteiger partial charge < -0.3 is 9.80 Å². The molecule has 1 heterocycles. The molecule has 0 aromatic heterocycles. The minimum absolute atomic E-state index is 0.543. The van der Waals surface area contributed by atoms with E-state index in [0.29, 0.717) is 12.0 Å². The van der Waals surface area contributed by atoms with Gasteiger partial charge in [-0.15, -0.1) is 0 Å². The number of rotatable bonds is 1. The molecule has 0 fully saturated rings. The number of hydrogen-bond acceptors (Lipinski definition) is 2. The van der Waals surface area contributed by atoms with Crippen molar-refractivity contribution in [1.82, 2.24) is 4.90 Å². The van der Waals surface area contributed by atoms with Gasteiger partial charge in [0.05, 0.1) is 0 Å². The van der Waals surface area contributed by atoms with Crippen LogP contribution in [0, 0.1) is 5.92 Å². The Kier molecular flexibility index (Phi) is 3.20. The summed E-state index contributed by atoms with van der Waals surface area (Å²) in [4.78, 5) is 4.73. The fourth-order valence-corrected chi connectivity index (χ4v) is 2.85. The third-order valence-corrected chi connectivity index (χ3v) is 3.68. The molecule has 2 atom stereocenters. The Morgan fingerprint density at radius 2 is 1.94 bits per heavy atom. The maximum absolute atomic E-state index is 2.38. The molecular formula is C14H22N2. The maximum Gasteiger partial charge on any atom is 0.0412 e. The lowest BCUT2D eigenvalue weighted by Gasteiger charge is -2.29. The van der Waals surface area contributed by atoms with Gasteiger partial charge in [0.25, 0.3) is 0 Å². The van der Waals surface area contributed by atoms with Gasteiger partial charge in [-0.3, -0.25) is 0 Å². The average Bonchev–Trinajstić information content (AvgIpc) is 2.37. The van der Waals surface area contributed by atoms with E-state index in [9.17, 15) is 0 Å². The van der Waals surface area contributed by atoms with Crippen molar-refractivity contribution in [2.45, 2.75) is 19.4 Å². The standard InChI is InChI=1S/C14H22N2/c1-11-9-10-16(4)13-8-6-5-7-12(13)14(11)15(2)3/h5-8,11,14H,9-10H2,1-4H3. The zero-order chi connectivity index (χ0) is 11.7. The van der Waals surface area contributed by atoms with Crippen LogP contribution in [0.3, 0.4) is 0 Å². The van der Waals surface area contributed by atoms with E-state index >= 15 is 0 Å².